The molecule has 0 aromatic carbocycles. The lowest BCUT2D eigenvalue weighted by atomic mass is 9.53. The van der Waals surface area contributed by atoms with Gasteiger partial charge in [0.25, 0.3) is 21.5 Å². The van der Waals surface area contributed by atoms with E-state index < -0.39 is 0 Å². The van der Waals surface area contributed by atoms with E-state index in [1.807, 2.05) is 28.7 Å². The van der Waals surface area contributed by atoms with Crippen LogP contribution in [-0.2, 0) is 0 Å². The molecule has 0 unspecified atom stereocenters. The van der Waals surface area contributed by atoms with Crippen LogP contribution >= 0.6 is 0 Å². The third-order valence-corrected chi connectivity index (χ3v) is 6.03. The lowest BCUT2D eigenvalue weighted by Gasteiger charge is -2.40. The third kappa shape index (κ3) is 8.53. The fraction of sp³-hybridized carbons (Fsp3) is 1.00. The first-order valence-electron chi connectivity index (χ1n) is 12.2. The van der Waals surface area contributed by atoms with Crippen molar-refractivity contribution >= 4 is 85.6 Å². The zero-order valence-corrected chi connectivity index (χ0v) is 20.9. The zero-order chi connectivity index (χ0) is 24.8. The molecule has 4 fully saturated rings. The molecule has 0 aromatic rings. The fourth-order valence-electron chi connectivity index (χ4n) is 4.32. The molecular weight excluding hydrogens is 442 g/mol. The number of hydrogen-bond donors (Lipinski definition) is 18. The normalized spacial score (nSPS) is 22.5. The molecular formula is C5H33B12N18. The molecule has 4 aliphatic rings. The highest BCUT2D eigenvalue weighted by Gasteiger charge is 2.44. The summed E-state index contributed by atoms with van der Waals surface area (Å²) in [6.07, 6.45) is 0. The summed E-state index contributed by atoms with van der Waals surface area (Å²) >= 11 is 0. The second kappa shape index (κ2) is 13.7. The minimum absolute atomic E-state index is 0.0198. The Labute approximate surface area is 213 Å². The molecule has 18 N–H and O–H groups in total. The second-order valence-electron chi connectivity index (χ2n) is 8.85. The minimum atomic E-state index is -0.251. The second-order valence-corrected chi connectivity index (χ2v) is 8.85. The maximum Gasteiger partial charge on any atom is 0.375 e. The van der Waals surface area contributed by atoms with E-state index in [-0.39, 0.29) is 78.0 Å². The van der Waals surface area contributed by atoms with E-state index in [9.17, 15) is 0 Å². The lowest BCUT2D eigenvalue weighted by Crippen LogP contribution is -2.93. The van der Waals surface area contributed by atoms with Gasteiger partial charge in [0.2, 0.25) is 0 Å². The van der Waals surface area contributed by atoms with Gasteiger partial charge in [-0.15, -0.1) is 0 Å². The van der Waals surface area contributed by atoms with Gasteiger partial charge in [0.05, 0.1) is 0 Å². The maximum absolute atomic E-state index is 3.55. The van der Waals surface area contributed by atoms with Crippen LogP contribution in [0.2, 0.25) is 13.6 Å². The Bertz CT molecular complexity index is 605. The molecule has 0 bridgehead atoms. The Morgan fingerprint density at radius 3 is 1.17 bits per heavy atom. The van der Waals surface area contributed by atoms with E-state index in [1.165, 1.54) is 0 Å². The summed E-state index contributed by atoms with van der Waals surface area (Å²) in [5.41, 5.74) is 0. The Morgan fingerprint density at radius 2 is 0.714 bits per heavy atom. The molecule has 18 nitrogen and oxygen atoms in total. The van der Waals surface area contributed by atoms with Crippen molar-refractivity contribution in [2.75, 3.05) is 21.1 Å². The Hall–Kier alpha value is 0.0592. The van der Waals surface area contributed by atoms with Crippen LogP contribution in [-0.4, -0.2) is 107 Å². The number of hydrogen-bond acceptors (Lipinski definition) is 18. The minimum Gasteiger partial charge on any atom is -0.361 e. The summed E-state index contributed by atoms with van der Waals surface area (Å²) in [6, 6.07) is 0. The van der Waals surface area contributed by atoms with Crippen LogP contribution in [0.25, 0.3) is 0 Å². The van der Waals surface area contributed by atoms with Gasteiger partial charge in [-0.2, -0.15) is 0 Å². The first-order valence-corrected chi connectivity index (χ1v) is 12.2. The van der Waals surface area contributed by atoms with Crippen molar-refractivity contribution in [1.29, 1.82) is 0 Å². The molecule has 0 aromatic heterocycles. The monoisotopic (exact) mass is 477 g/mol. The third-order valence-electron chi connectivity index (χ3n) is 6.03. The van der Waals surface area contributed by atoms with Crippen molar-refractivity contribution in [3.05, 3.63) is 0 Å². The van der Waals surface area contributed by atoms with Gasteiger partial charge < -0.3 is 92.8 Å². The quantitative estimate of drug-likeness (QED) is 0.139. The Balaban J connectivity index is 1.38. The molecule has 0 amide bonds. The van der Waals surface area contributed by atoms with Crippen molar-refractivity contribution in [2.24, 2.45) is 0 Å². The average Bonchev–Trinajstić information content (AvgIpc) is 2.83. The molecule has 0 aliphatic carbocycles. The highest BCUT2D eigenvalue weighted by atomic mass is 15.3. The lowest BCUT2D eigenvalue weighted by molar-refractivity contribution is 0.976. The van der Waals surface area contributed by atoms with Gasteiger partial charge in [-0.3, -0.25) is 0 Å². The highest BCUT2D eigenvalue weighted by molar-refractivity contribution is 6.96. The molecule has 4 rings (SSSR count). The first-order chi connectivity index (χ1) is 16.9. The summed E-state index contributed by atoms with van der Waals surface area (Å²) in [4.78, 5) is 0. The molecule has 4 heterocycles. The molecule has 0 spiro atoms. The van der Waals surface area contributed by atoms with Crippen LogP contribution in [0.3, 0.4) is 0 Å². The number of nitrogens with one attached hydrogen (secondary N) is 18. The van der Waals surface area contributed by atoms with Gasteiger partial charge in [0.1, 0.15) is 0 Å². The van der Waals surface area contributed by atoms with Crippen molar-refractivity contribution in [3.63, 3.8) is 0 Å². The zero-order valence-electron chi connectivity index (χ0n) is 20.9. The standard InChI is InChI=1S/C5H33B12N18/c1-7-23-10(19-4)28-13(25-7)31-16-33-15(30-12-22-6-21-9(18-3)27-12)34-17(35-16)32-14-26-8(2)24-11(20-5)29-14/h18-35H,1-5H3. The molecule has 1 radical (unpaired) electrons. The average molecular weight is 475 g/mol. The largest absolute Gasteiger partial charge is 0.375 e. The Morgan fingerprint density at radius 1 is 0.400 bits per heavy atom. The van der Waals surface area contributed by atoms with Crippen molar-refractivity contribution in [3.8, 4) is 0 Å². The van der Waals surface area contributed by atoms with Crippen LogP contribution in [0.15, 0.2) is 0 Å². The topological polar surface area (TPSA) is 217 Å². The van der Waals surface area contributed by atoms with Crippen molar-refractivity contribution in [1.82, 2.24) is 92.8 Å². The van der Waals surface area contributed by atoms with E-state index in [2.05, 4.69) is 106 Å². The van der Waals surface area contributed by atoms with Crippen LogP contribution in [0, 0.1) is 0 Å². The summed E-state index contributed by atoms with van der Waals surface area (Å²) in [6.45, 7) is 4.40. The first kappa shape index (κ1) is 28.1. The van der Waals surface area contributed by atoms with Crippen LogP contribution in [0.5, 0.6) is 0 Å². The summed E-state index contributed by atoms with van der Waals surface area (Å²) in [7, 11) is 6.22. The van der Waals surface area contributed by atoms with Gasteiger partial charge in [-0.25, -0.2) is 0 Å². The molecule has 30 heteroatoms. The summed E-state index contributed by atoms with van der Waals surface area (Å²) in [5.74, 6) is 0. The SMILES string of the molecule is CNB1N[B]NB(NB2NB(NB3NB(C)NB(NC)N3)NB(NB3NB(C)NB(NC)N3)N2)N1. The predicted molar refractivity (Wildman–Crippen MR) is 155 cm³/mol. The van der Waals surface area contributed by atoms with E-state index in [0.29, 0.717) is 0 Å². The van der Waals surface area contributed by atoms with E-state index >= 15 is 0 Å². The molecule has 0 atom stereocenters. The highest BCUT2D eigenvalue weighted by Crippen LogP contribution is 1.88. The van der Waals surface area contributed by atoms with Gasteiger partial charge in [0.15, 0.2) is 0 Å². The molecule has 179 valence electrons. The van der Waals surface area contributed by atoms with E-state index in [0.717, 1.165) is 0 Å². The molecule has 4 saturated heterocycles. The fourth-order valence-corrected chi connectivity index (χ4v) is 4.32. The molecule has 4 aliphatic heterocycles. The van der Waals surface area contributed by atoms with Crippen molar-refractivity contribution in [2.45, 2.75) is 13.6 Å². The summed E-state index contributed by atoms with van der Waals surface area (Å²) < 4.78 is 0. The maximum atomic E-state index is 3.55. The van der Waals surface area contributed by atoms with Gasteiger partial charge in [0, 0.05) is 0 Å². The van der Waals surface area contributed by atoms with Gasteiger partial charge in [-0.05, 0) is 21.1 Å². The predicted octanol–water partition coefficient (Wildman–Crippen LogP) is -11.8. The van der Waals surface area contributed by atoms with E-state index in [1.54, 1.807) is 0 Å². The molecule has 35 heavy (non-hydrogen) atoms. The molecule has 0 saturated carbocycles. The van der Waals surface area contributed by atoms with Gasteiger partial charge in [-0.1, -0.05) is 13.6 Å². The van der Waals surface area contributed by atoms with Crippen molar-refractivity contribution < 1.29 is 0 Å². The van der Waals surface area contributed by atoms with E-state index in [4.69, 9.17) is 0 Å². The smallest absolute Gasteiger partial charge is 0.361 e. The van der Waals surface area contributed by atoms with Crippen LogP contribution in [0.4, 0.5) is 0 Å². The Kier molecular flexibility index (Phi) is 11.0. The van der Waals surface area contributed by atoms with Crippen LogP contribution < -0.4 is 92.8 Å². The summed E-state index contributed by atoms with van der Waals surface area (Å²) in [5, 5.41) is 61.0. The van der Waals surface area contributed by atoms with Gasteiger partial charge >= 0.3 is 64.1 Å². The van der Waals surface area contributed by atoms with Crippen LogP contribution in [0.1, 0.15) is 0 Å². The number of rotatable bonds is 9.